The van der Waals surface area contributed by atoms with Gasteiger partial charge in [-0.15, -0.1) is 0 Å². The van der Waals surface area contributed by atoms with Crippen LogP contribution in [0.5, 0.6) is 0 Å². The molecule has 1 saturated heterocycles. The van der Waals surface area contributed by atoms with E-state index in [1.165, 1.54) is 0 Å². The summed E-state index contributed by atoms with van der Waals surface area (Å²) < 4.78 is 0. The van der Waals surface area contributed by atoms with E-state index in [9.17, 15) is 0 Å². The molecule has 0 radical (unpaired) electrons. The minimum atomic E-state index is 0.821. The van der Waals surface area contributed by atoms with Crippen molar-refractivity contribution >= 4 is 23.1 Å². The van der Waals surface area contributed by atoms with Gasteiger partial charge in [0.05, 0.1) is 10.7 Å². The molecule has 2 heterocycles. The number of hydrogen-bond acceptors (Lipinski definition) is 4. The van der Waals surface area contributed by atoms with Gasteiger partial charge in [0.25, 0.3) is 0 Å². The predicted octanol–water partition coefficient (Wildman–Crippen LogP) is 3.02. The summed E-state index contributed by atoms with van der Waals surface area (Å²) >= 11 is 6.27. The van der Waals surface area contributed by atoms with Gasteiger partial charge in [0.1, 0.15) is 12.1 Å². The summed E-state index contributed by atoms with van der Waals surface area (Å²) in [6, 6.07) is 10.1. The van der Waals surface area contributed by atoms with E-state index < -0.39 is 0 Å². The zero-order chi connectivity index (χ0) is 14.7. The third-order valence-corrected chi connectivity index (χ3v) is 4.19. The van der Waals surface area contributed by atoms with Gasteiger partial charge in [-0.05, 0) is 18.6 Å². The Labute approximate surface area is 130 Å². The number of aryl methyl sites for hydroxylation is 1. The maximum absolute atomic E-state index is 6.27. The molecule has 1 fully saturated rings. The summed E-state index contributed by atoms with van der Waals surface area (Å²) in [5, 5.41) is 0.821. The molecule has 0 bridgehead atoms. The Hall–Kier alpha value is -1.81. The van der Waals surface area contributed by atoms with Crippen molar-refractivity contribution in [1.82, 2.24) is 9.97 Å². The average Bonchev–Trinajstić information content (AvgIpc) is 2.56. The Morgan fingerprint density at radius 2 is 1.76 bits per heavy atom. The van der Waals surface area contributed by atoms with Crippen LogP contribution in [0.2, 0.25) is 5.02 Å². The largest absolute Gasteiger partial charge is 0.367 e. The number of rotatable bonds is 3. The minimum absolute atomic E-state index is 0.821. The number of benzene rings is 1. The number of anilines is 2. The van der Waals surface area contributed by atoms with Crippen molar-refractivity contribution in [3.8, 4) is 0 Å². The van der Waals surface area contributed by atoms with E-state index in [0.717, 1.165) is 54.8 Å². The Morgan fingerprint density at radius 1 is 1.05 bits per heavy atom. The summed E-state index contributed by atoms with van der Waals surface area (Å²) in [7, 11) is 0. The van der Waals surface area contributed by atoms with Crippen LogP contribution in [0.4, 0.5) is 11.5 Å². The summed E-state index contributed by atoms with van der Waals surface area (Å²) in [6.07, 6.45) is 2.60. The van der Waals surface area contributed by atoms with E-state index in [1.807, 2.05) is 18.2 Å². The van der Waals surface area contributed by atoms with Crippen molar-refractivity contribution in [3.05, 3.63) is 47.4 Å². The lowest BCUT2D eigenvalue weighted by Gasteiger charge is -2.37. The summed E-state index contributed by atoms with van der Waals surface area (Å²) in [4.78, 5) is 13.3. The number of halogens is 1. The molecule has 0 N–H and O–H groups in total. The monoisotopic (exact) mass is 302 g/mol. The van der Waals surface area contributed by atoms with Gasteiger partial charge in [-0.3, -0.25) is 0 Å². The molecule has 0 amide bonds. The molecule has 4 nitrogen and oxygen atoms in total. The molecule has 0 atom stereocenters. The fourth-order valence-electron chi connectivity index (χ4n) is 2.64. The highest BCUT2D eigenvalue weighted by atomic mass is 35.5. The number of hydrogen-bond donors (Lipinski definition) is 0. The first kappa shape index (κ1) is 14.1. The fourth-order valence-corrected chi connectivity index (χ4v) is 2.89. The smallest absolute Gasteiger partial charge is 0.132 e. The molecule has 0 unspecified atom stereocenters. The second kappa shape index (κ2) is 6.31. The van der Waals surface area contributed by atoms with Crippen LogP contribution in [-0.4, -0.2) is 36.1 Å². The Kier molecular flexibility index (Phi) is 4.25. The average molecular weight is 303 g/mol. The summed E-state index contributed by atoms with van der Waals surface area (Å²) in [5.74, 6) is 1.03. The lowest BCUT2D eigenvalue weighted by Crippen LogP contribution is -2.47. The molecule has 5 heteroatoms. The lowest BCUT2D eigenvalue weighted by molar-refractivity contribution is 0.646. The van der Waals surface area contributed by atoms with Crippen LogP contribution in [0.15, 0.2) is 36.7 Å². The molecule has 1 aromatic carbocycles. The van der Waals surface area contributed by atoms with Gasteiger partial charge < -0.3 is 9.80 Å². The van der Waals surface area contributed by atoms with E-state index in [1.54, 1.807) is 6.33 Å². The fraction of sp³-hybridized carbons (Fsp3) is 0.375. The second-order valence-corrected chi connectivity index (χ2v) is 5.55. The standard InChI is InChI=1S/C16H19ClN4/c1-2-13-11-16(19-12-18-13)21-9-7-20(8-10-21)15-6-4-3-5-14(15)17/h3-6,11-12H,2,7-10H2,1H3. The Morgan fingerprint density at radius 3 is 2.48 bits per heavy atom. The zero-order valence-electron chi connectivity index (χ0n) is 12.2. The molecule has 110 valence electrons. The lowest BCUT2D eigenvalue weighted by atomic mass is 10.2. The van der Waals surface area contributed by atoms with Crippen molar-refractivity contribution in [2.24, 2.45) is 0 Å². The first-order chi connectivity index (χ1) is 10.3. The quantitative estimate of drug-likeness (QED) is 0.872. The van der Waals surface area contributed by atoms with Crippen LogP contribution >= 0.6 is 11.6 Å². The third-order valence-electron chi connectivity index (χ3n) is 3.87. The summed E-state index contributed by atoms with van der Waals surface area (Å²) in [6.45, 7) is 5.92. The molecule has 1 aliphatic rings. The molecule has 0 spiro atoms. The number of para-hydroxylation sites is 1. The minimum Gasteiger partial charge on any atom is -0.367 e. The third kappa shape index (κ3) is 3.10. The molecule has 21 heavy (non-hydrogen) atoms. The molecular formula is C16H19ClN4. The van der Waals surface area contributed by atoms with E-state index in [4.69, 9.17) is 11.6 Å². The van der Waals surface area contributed by atoms with Gasteiger partial charge >= 0.3 is 0 Å². The number of piperazine rings is 1. The van der Waals surface area contributed by atoms with E-state index in [2.05, 4.69) is 38.8 Å². The summed E-state index contributed by atoms with van der Waals surface area (Å²) in [5.41, 5.74) is 2.21. The highest BCUT2D eigenvalue weighted by molar-refractivity contribution is 6.33. The first-order valence-electron chi connectivity index (χ1n) is 7.33. The van der Waals surface area contributed by atoms with Crippen LogP contribution in [0.3, 0.4) is 0 Å². The first-order valence-corrected chi connectivity index (χ1v) is 7.71. The van der Waals surface area contributed by atoms with Gasteiger partial charge in [-0.25, -0.2) is 9.97 Å². The van der Waals surface area contributed by atoms with Gasteiger partial charge in [0, 0.05) is 37.9 Å². The van der Waals surface area contributed by atoms with Gasteiger partial charge in [-0.2, -0.15) is 0 Å². The highest BCUT2D eigenvalue weighted by Crippen LogP contribution is 2.26. The zero-order valence-corrected chi connectivity index (χ0v) is 12.9. The van der Waals surface area contributed by atoms with Crippen molar-refractivity contribution < 1.29 is 0 Å². The Bertz CT molecular complexity index is 609. The normalized spacial score (nSPS) is 15.3. The van der Waals surface area contributed by atoms with Crippen LogP contribution in [0, 0.1) is 0 Å². The second-order valence-electron chi connectivity index (χ2n) is 5.15. The van der Waals surface area contributed by atoms with E-state index in [-0.39, 0.29) is 0 Å². The molecule has 2 aromatic rings. The van der Waals surface area contributed by atoms with E-state index in [0.29, 0.717) is 0 Å². The molecule has 0 saturated carbocycles. The van der Waals surface area contributed by atoms with Gasteiger partial charge in [0.15, 0.2) is 0 Å². The maximum atomic E-state index is 6.27. The molecule has 0 aliphatic carbocycles. The Balaban J connectivity index is 1.69. The van der Waals surface area contributed by atoms with E-state index >= 15 is 0 Å². The number of aromatic nitrogens is 2. The van der Waals surface area contributed by atoms with Crippen LogP contribution in [-0.2, 0) is 6.42 Å². The van der Waals surface area contributed by atoms with Crippen molar-refractivity contribution in [3.63, 3.8) is 0 Å². The van der Waals surface area contributed by atoms with Crippen molar-refractivity contribution in [1.29, 1.82) is 0 Å². The maximum Gasteiger partial charge on any atom is 0.132 e. The predicted molar refractivity (Wildman–Crippen MR) is 87.3 cm³/mol. The van der Waals surface area contributed by atoms with Gasteiger partial charge in [0.2, 0.25) is 0 Å². The SMILES string of the molecule is CCc1cc(N2CCN(c3ccccc3Cl)CC2)ncn1. The van der Waals surface area contributed by atoms with Gasteiger partial charge in [-0.1, -0.05) is 30.7 Å². The topological polar surface area (TPSA) is 32.3 Å². The van der Waals surface area contributed by atoms with Crippen LogP contribution < -0.4 is 9.80 Å². The number of nitrogens with zero attached hydrogens (tertiary/aromatic N) is 4. The molecule has 3 rings (SSSR count). The molecule has 1 aromatic heterocycles. The van der Waals surface area contributed by atoms with Crippen molar-refractivity contribution in [2.75, 3.05) is 36.0 Å². The van der Waals surface area contributed by atoms with Crippen LogP contribution in [0.25, 0.3) is 0 Å². The molecule has 1 aliphatic heterocycles. The van der Waals surface area contributed by atoms with Crippen LogP contribution in [0.1, 0.15) is 12.6 Å². The highest BCUT2D eigenvalue weighted by Gasteiger charge is 2.19. The molecular weight excluding hydrogens is 284 g/mol. The van der Waals surface area contributed by atoms with Crippen molar-refractivity contribution in [2.45, 2.75) is 13.3 Å².